The van der Waals surface area contributed by atoms with Gasteiger partial charge < -0.3 is 26.0 Å². The average Bonchev–Trinajstić information content (AvgIpc) is 2.72. The number of benzene rings is 2. The van der Waals surface area contributed by atoms with E-state index in [1.807, 2.05) is 45.0 Å². The molecule has 0 bridgehead atoms. The molecule has 4 N–H and O–H groups in total. The molecule has 0 atom stereocenters. The van der Waals surface area contributed by atoms with Crippen molar-refractivity contribution in [3.63, 3.8) is 0 Å². The fourth-order valence-electron chi connectivity index (χ4n) is 2.89. The number of anilines is 1. The first-order valence-corrected chi connectivity index (χ1v) is 10.2. The number of carbonyl (C=O) groups is 1. The highest BCUT2D eigenvalue weighted by Gasteiger charge is 2.04. The molecule has 0 aliphatic rings. The zero-order chi connectivity index (χ0) is 21.9. The summed E-state index contributed by atoms with van der Waals surface area (Å²) in [7, 11) is 3.45. The van der Waals surface area contributed by atoms with Crippen molar-refractivity contribution in [3.8, 4) is 5.75 Å². The van der Waals surface area contributed by atoms with Gasteiger partial charge in [-0.05, 0) is 62.1 Å². The molecule has 0 saturated heterocycles. The third kappa shape index (κ3) is 7.66. The number of amides is 2. The lowest BCUT2D eigenvalue weighted by molar-refractivity contribution is 0.250. The molecule has 30 heavy (non-hydrogen) atoms. The number of methoxy groups -OCH3 is 1. The maximum atomic E-state index is 11.8. The first kappa shape index (κ1) is 23.1. The number of ether oxygens (including phenoxy) is 1. The van der Waals surface area contributed by atoms with E-state index >= 15 is 0 Å². The highest BCUT2D eigenvalue weighted by atomic mass is 16.5. The van der Waals surface area contributed by atoms with Gasteiger partial charge in [-0.1, -0.05) is 24.3 Å². The Balaban J connectivity index is 1.78. The topological polar surface area (TPSA) is 86.8 Å². The number of hydrogen-bond acceptors (Lipinski definition) is 3. The van der Waals surface area contributed by atoms with Crippen molar-refractivity contribution in [2.24, 2.45) is 4.99 Å². The first-order valence-electron chi connectivity index (χ1n) is 10.2. The summed E-state index contributed by atoms with van der Waals surface area (Å²) < 4.78 is 5.38. The molecule has 0 saturated carbocycles. The van der Waals surface area contributed by atoms with Crippen molar-refractivity contribution in [2.75, 3.05) is 26.0 Å². The summed E-state index contributed by atoms with van der Waals surface area (Å²) in [6.45, 7) is 7.28. The number of aliphatic imine (C=N–C) groups is 1. The Morgan fingerprint density at radius 3 is 2.40 bits per heavy atom. The Morgan fingerprint density at radius 2 is 1.77 bits per heavy atom. The Kier molecular flexibility index (Phi) is 9.00. The van der Waals surface area contributed by atoms with Crippen molar-refractivity contribution in [1.29, 1.82) is 0 Å². The van der Waals surface area contributed by atoms with Crippen LogP contribution in [0.15, 0.2) is 47.5 Å². The van der Waals surface area contributed by atoms with E-state index in [-0.39, 0.29) is 12.1 Å². The van der Waals surface area contributed by atoms with Crippen LogP contribution in [0.5, 0.6) is 5.75 Å². The third-order valence-corrected chi connectivity index (χ3v) is 4.49. The smallest absolute Gasteiger partial charge is 0.319 e. The van der Waals surface area contributed by atoms with E-state index < -0.39 is 0 Å². The molecule has 0 aliphatic carbocycles. The molecule has 0 fully saturated rings. The zero-order valence-corrected chi connectivity index (χ0v) is 18.5. The Labute approximate surface area is 179 Å². The summed E-state index contributed by atoms with van der Waals surface area (Å²) in [5, 5.41) is 12.2. The summed E-state index contributed by atoms with van der Waals surface area (Å²) in [6.07, 6.45) is 0.871. The van der Waals surface area contributed by atoms with Gasteiger partial charge in [0.25, 0.3) is 0 Å². The molecule has 2 rings (SSSR count). The van der Waals surface area contributed by atoms with Gasteiger partial charge in [0.2, 0.25) is 0 Å². The number of hydrogen-bond donors (Lipinski definition) is 4. The van der Waals surface area contributed by atoms with Crippen LogP contribution in [0.3, 0.4) is 0 Å². The van der Waals surface area contributed by atoms with Gasteiger partial charge in [0, 0.05) is 31.9 Å². The van der Waals surface area contributed by atoms with Crippen LogP contribution in [0.4, 0.5) is 10.5 Å². The molecule has 2 aromatic carbocycles. The number of nitrogens with zero attached hydrogens (tertiary/aromatic N) is 1. The Bertz CT molecular complexity index is 847. The van der Waals surface area contributed by atoms with Crippen molar-refractivity contribution in [2.45, 2.75) is 39.8 Å². The lowest BCUT2D eigenvalue weighted by Gasteiger charge is -2.13. The highest BCUT2D eigenvalue weighted by Crippen LogP contribution is 2.19. The molecule has 7 nitrogen and oxygen atoms in total. The molecule has 0 aliphatic heterocycles. The molecule has 0 spiro atoms. The van der Waals surface area contributed by atoms with Crippen molar-refractivity contribution in [1.82, 2.24) is 16.0 Å². The number of carbonyl (C=O) groups excluding carboxylic acids is 1. The lowest BCUT2D eigenvalue weighted by atomic mass is 10.1. The fourth-order valence-corrected chi connectivity index (χ4v) is 2.89. The van der Waals surface area contributed by atoms with Gasteiger partial charge in [-0.3, -0.25) is 4.99 Å². The van der Waals surface area contributed by atoms with Crippen molar-refractivity contribution >= 4 is 17.7 Å². The molecule has 0 unspecified atom stereocenters. The monoisotopic (exact) mass is 411 g/mol. The second-order valence-corrected chi connectivity index (χ2v) is 7.36. The molecule has 0 radical (unpaired) electrons. The Morgan fingerprint density at radius 1 is 1.07 bits per heavy atom. The van der Waals surface area contributed by atoms with Gasteiger partial charge in [-0.2, -0.15) is 0 Å². The standard InChI is InChI=1S/C23H33N5O2/c1-16(2)27-23(29)28-20-10-8-19(9-11-20)15-26-22(24-4)25-13-12-18-7-6-17(3)21(14-18)30-5/h6-11,14,16H,12-13,15H2,1-5H3,(H2,24,25,26)(H2,27,28,29). The molecule has 2 aromatic rings. The van der Waals surface area contributed by atoms with Gasteiger partial charge in [0.15, 0.2) is 5.96 Å². The summed E-state index contributed by atoms with van der Waals surface area (Å²) in [4.78, 5) is 16.0. The SMILES string of the molecule is CN=C(NCCc1ccc(C)c(OC)c1)NCc1ccc(NC(=O)NC(C)C)cc1. The summed E-state index contributed by atoms with van der Waals surface area (Å²) in [6, 6.07) is 13.9. The van der Waals surface area contributed by atoms with Crippen LogP contribution in [0.1, 0.15) is 30.5 Å². The molecule has 0 heterocycles. The van der Waals surface area contributed by atoms with Gasteiger partial charge in [-0.15, -0.1) is 0 Å². The van der Waals surface area contributed by atoms with E-state index in [1.54, 1.807) is 14.2 Å². The number of nitrogens with one attached hydrogen (secondary N) is 4. The van der Waals surface area contributed by atoms with E-state index in [0.717, 1.165) is 41.5 Å². The third-order valence-electron chi connectivity index (χ3n) is 4.49. The predicted octanol–water partition coefficient (Wildman–Crippen LogP) is 3.44. The minimum atomic E-state index is -0.202. The van der Waals surface area contributed by atoms with Gasteiger partial charge in [-0.25, -0.2) is 4.79 Å². The number of aryl methyl sites for hydroxylation is 1. The maximum absolute atomic E-state index is 11.8. The van der Waals surface area contributed by atoms with Crippen LogP contribution in [0.2, 0.25) is 0 Å². The molecule has 2 amide bonds. The largest absolute Gasteiger partial charge is 0.496 e. The van der Waals surface area contributed by atoms with E-state index in [0.29, 0.717) is 6.54 Å². The second-order valence-electron chi connectivity index (χ2n) is 7.36. The van der Waals surface area contributed by atoms with E-state index in [1.165, 1.54) is 5.56 Å². The molecular formula is C23H33N5O2. The molecule has 162 valence electrons. The van der Waals surface area contributed by atoms with E-state index in [9.17, 15) is 4.79 Å². The van der Waals surface area contributed by atoms with E-state index in [2.05, 4.69) is 44.5 Å². The summed E-state index contributed by atoms with van der Waals surface area (Å²) in [5.41, 5.74) is 4.20. The molecular weight excluding hydrogens is 378 g/mol. The number of urea groups is 1. The quantitative estimate of drug-likeness (QED) is 0.396. The zero-order valence-electron chi connectivity index (χ0n) is 18.5. The summed E-state index contributed by atoms with van der Waals surface area (Å²) >= 11 is 0. The van der Waals surface area contributed by atoms with Crippen LogP contribution < -0.4 is 26.0 Å². The number of rotatable bonds is 8. The number of guanidine groups is 1. The average molecular weight is 412 g/mol. The lowest BCUT2D eigenvalue weighted by Crippen LogP contribution is -2.37. The summed E-state index contributed by atoms with van der Waals surface area (Å²) in [5.74, 6) is 1.65. The van der Waals surface area contributed by atoms with E-state index in [4.69, 9.17) is 4.74 Å². The Hall–Kier alpha value is -3.22. The fraction of sp³-hybridized carbons (Fsp3) is 0.391. The van der Waals surface area contributed by atoms with Crippen molar-refractivity contribution < 1.29 is 9.53 Å². The van der Waals surface area contributed by atoms with Crippen molar-refractivity contribution in [3.05, 3.63) is 59.2 Å². The van der Waals surface area contributed by atoms with Crippen LogP contribution in [-0.2, 0) is 13.0 Å². The van der Waals surface area contributed by atoms with Crippen LogP contribution in [0.25, 0.3) is 0 Å². The minimum Gasteiger partial charge on any atom is -0.496 e. The minimum absolute atomic E-state index is 0.0979. The van der Waals surface area contributed by atoms with Crippen LogP contribution in [0, 0.1) is 6.92 Å². The van der Waals surface area contributed by atoms with Gasteiger partial charge >= 0.3 is 6.03 Å². The normalized spacial score (nSPS) is 11.2. The highest BCUT2D eigenvalue weighted by molar-refractivity contribution is 5.89. The molecule has 7 heteroatoms. The molecule has 0 aromatic heterocycles. The van der Waals surface area contributed by atoms with Gasteiger partial charge in [0.05, 0.1) is 7.11 Å². The first-order chi connectivity index (χ1) is 14.4. The van der Waals surface area contributed by atoms with Crippen LogP contribution in [-0.4, -0.2) is 38.7 Å². The maximum Gasteiger partial charge on any atom is 0.319 e. The predicted molar refractivity (Wildman–Crippen MR) is 123 cm³/mol. The second kappa shape index (κ2) is 11.7. The van der Waals surface area contributed by atoms with Gasteiger partial charge in [0.1, 0.15) is 5.75 Å². The van der Waals surface area contributed by atoms with Crippen LogP contribution >= 0.6 is 0 Å².